The number of hydrogen-bond acceptors (Lipinski definition) is 5. The number of methoxy groups -OCH3 is 1. The summed E-state index contributed by atoms with van der Waals surface area (Å²) in [5.74, 6) is -1.15. The molecular formula is C38H29ClF3N3O4S. The number of alkyl halides is 3. The number of benzene rings is 5. The van der Waals surface area contributed by atoms with Gasteiger partial charge in [0.05, 0.1) is 23.4 Å². The Hall–Kier alpha value is -5.52. The molecule has 0 aromatic heterocycles. The Bertz CT molecular complexity index is 2030. The lowest BCUT2D eigenvalue weighted by Crippen LogP contribution is -2.30. The zero-order valence-corrected chi connectivity index (χ0v) is 27.9. The molecule has 0 aliphatic carbocycles. The van der Waals surface area contributed by atoms with E-state index in [0.717, 1.165) is 30.0 Å². The van der Waals surface area contributed by atoms with E-state index in [1.165, 1.54) is 13.2 Å². The van der Waals surface area contributed by atoms with Gasteiger partial charge in [0.25, 0.3) is 11.8 Å². The highest BCUT2D eigenvalue weighted by Gasteiger charge is 2.32. The summed E-state index contributed by atoms with van der Waals surface area (Å²) >= 11 is 7.28. The molecule has 0 saturated heterocycles. The second-order valence-corrected chi connectivity index (χ2v) is 12.3. The molecule has 1 atom stereocenters. The van der Waals surface area contributed by atoms with Crippen LogP contribution in [0, 0.1) is 0 Å². The fourth-order valence-electron chi connectivity index (χ4n) is 4.72. The van der Waals surface area contributed by atoms with Crippen molar-refractivity contribution in [2.24, 2.45) is 0 Å². The Labute approximate surface area is 295 Å². The largest absolute Gasteiger partial charge is 0.497 e. The third-order valence-electron chi connectivity index (χ3n) is 7.17. The number of carbonyl (C=O) groups excluding carboxylic acids is 3. The quantitative estimate of drug-likeness (QED) is 0.0936. The van der Waals surface area contributed by atoms with E-state index in [9.17, 15) is 27.6 Å². The van der Waals surface area contributed by atoms with Crippen LogP contribution in [0.5, 0.6) is 5.75 Å². The zero-order valence-electron chi connectivity index (χ0n) is 26.3. The van der Waals surface area contributed by atoms with Crippen molar-refractivity contribution < 1.29 is 32.3 Å². The molecule has 0 aliphatic rings. The lowest BCUT2D eigenvalue weighted by molar-refractivity contribution is -0.137. The van der Waals surface area contributed by atoms with Crippen molar-refractivity contribution >= 4 is 58.5 Å². The van der Waals surface area contributed by atoms with Gasteiger partial charge in [0, 0.05) is 16.1 Å². The number of thioether (sulfide) groups is 1. The topological polar surface area (TPSA) is 96.5 Å². The van der Waals surface area contributed by atoms with Crippen LogP contribution in [-0.2, 0) is 15.8 Å². The van der Waals surface area contributed by atoms with Gasteiger partial charge in [-0.1, -0.05) is 78.3 Å². The molecule has 7 nitrogen and oxygen atoms in total. The summed E-state index contributed by atoms with van der Waals surface area (Å²) in [5, 5.41) is 7.08. The Balaban J connectivity index is 1.40. The number of halogens is 4. The van der Waals surface area contributed by atoms with Crippen LogP contribution in [0.3, 0.4) is 0 Å². The van der Waals surface area contributed by atoms with E-state index in [1.54, 1.807) is 109 Å². The molecule has 1 unspecified atom stereocenters. The number of amides is 3. The van der Waals surface area contributed by atoms with Gasteiger partial charge < -0.3 is 20.7 Å². The van der Waals surface area contributed by atoms with Gasteiger partial charge in [-0.15, -0.1) is 11.8 Å². The lowest BCUT2D eigenvalue weighted by Gasteiger charge is -2.19. The van der Waals surface area contributed by atoms with Gasteiger partial charge in [-0.3, -0.25) is 14.4 Å². The second-order valence-electron chi connectivity index (χ2n) is 10.7. The van der Waals surface area contributed by atoms with Gasteiger partial charge >= 0.3 is 6.18 Å². The van der Waals surface area contributed by atoms with Crippen molar-refractivity contribution in [3.8, 4) is 5.75 Å². The van der Waals surface area contributed by atoms with Crippen molar-refractivity contribution in [2.75, 3.05) is 17.7 Å². The minimum atomic E-state index is -4.63. The standard InChI is InChI=1S/C38H29ClF3N3O4S/c1-49-29-16-8-10-24(20-29)21-33(45-35(46)26-13-6-3-7-14-26)36(47)43-28-15-9-17-30(23-28)50-34(25-11-4-2-5-12-25)37(48)44-32-22-27(38(40,41)42)18-19-31(32)39/h2-23,34H,1H3,(H,43,47)(H,44,48)(H,45,46)/b33-21-. The first-order valence-electron chi connectivity index (χ1n) is 15.0. The van der Waals surface area contributed by atoms with Gasteiger partial charge in [-0.05, 0) is 77.9 Å². The van der Waals surface area contributed by atoms with E-state index in [4.69, 9.17) is 16.3 Å². The number of rotatable bonds is 11. The van der Waals surface area contributed by atoms with E-state index in [1.807, 2.05) is 0 Å². The molecule has 5 rings (SSSR count). The van der Waals surface area contributed by atoms with Crippen molar-refractivity contribution in [2.45, 2.75) is 16.3 Å². The Kier molecular flexibility index (Phi) is 11.6. The van der Waals surface area contributed by atoms with E-state index in [2.05, 4.69) is 16.0 Å². The molecule has 0 spiro atoms. The molecule has 0 heterocycles. The number of nitrogens with one attached hydrogen (secondary N) is 3. The van der Waals surface area contributed by atoms with Crippen LogP contribution in [-0.4, -0.2) is 24.8 Å². The highest BCUT2D eigenvalue weighted by atomic mass is 35.5. The number of ether oxygens (including phenoxy) is 1. The van der Waals surface area contributed by atoms with E-state index < -0.39 is 34.7 Å². The van der Waals surface area contributed by atoms with E-state index in [-0.39, 0.29) is 16.4 Å². The smallest absolute Gasteiger partial charge is 0.416 e. The summed E-state index contributed by atoms with van der Waals surface area (Å²) in [6.45, 7) is 0. The summed E-state index contributed by atoms with van der Waals surface area (Å²) in [5.41, 5.74) is 0.728. The summed E-state index contributed by atoms with van der Waals surface area (Å²) in [7, 11) is 1.52. The van der Waals surface area contributed by atoms with Crippen LogP contribution in [0.4, 0.5) is 24.5 Å². The van der Waals surface area contributed by atoms with Crippen LogP contribution < -0.4 is 20.7 Å². The number of carbonyl (C=O) groups is 3. The monoisotopic (exact) mass is 715 g/mol. The average molecular weight is 716 g/mol. The number of anilines is 2. The maximum absolute atomic E-state index is 13.6. The highest BCUT2D eigenvalue weighted by molar-refractivity contribution is 8.00. The fraction of sp³-hybridized carbons (Fsp3) is 0.0789. The molecule has 0 radical (unpaired) electrons. The number of hydrogen-bond donors (Lipinski definition) is 3. The van der Waals surface area contributed by atoms with Gasteiger partial charge in [0.1, 0.15) is 16.7 Å². The Morgan fingerprint density at radius 1 is 0.800 bits per heavy atom. The molecule has 0 aliphatic heterocycles. The molecule has 5 aromatic carbocycles. The Morgan fingerprint density at radius 2 is 1.50 bits per heavy atom. The molecule has 5 aromatic rings. The maximum atomic E-state index is 13.6. The van der Waals surface area contributed by atoms with Crippen molar-refractivity contribution in [3.63, 3.8) is 0 Å². The van der Waals surface area contributed by atoms with E-state index >= 15 is 0 Å². The lowest BCUT2D eigenvalue weighted by atomic mass is 10.1. The van der Waals surface area contributed by atoms with Crippen LogP contribution in [0.2, 0.25) is 5.02 Å². The van der Waals surface area contributed by atoms with Crippen molar-refractivity contribution in [1.29, 1.82) is 0 Å². The van der Waals surface area contributed by atoms with Gasteiger partial charge in [0.2, 0.25) is 5.91 Å². The zero-order chi connectivity index (χ0) is 35.7. The fourth-order valence-corrected chi connectivity index (χ4v) is 5.97. The van der Waals surface area contributed by atoms with Crippen LogP contribution >= 0.6 is 23.4 Å². The van der Waals surface area contributed by atoms with Gasteiger partial charge in [-0.25, -0.2) is 0 Å². The third-order valence-corrected chi connectivity index (χ3v) is 8.75. The second kappa shape index (κ2) is 16.3. The molecule has 50 heavy (non-hydrogen) atoms. The first-order valence-corrected chi connectivity index (χ1v) is 16.3. The minimum Gasteiger partial charge on any atom is -0.497 e. The Morgan fingerprint density at radius 3 is 2.20 bits per heavy atom. The summed E-state index contributed by atoms with van der Waals surface area (Å²) < 4.78 is 45.5. The average Bonchev–Trinajstić information content (AvgIpc) is 3.11. The van der Waals surface area contributed by atoms with E-state index in [0.29, 0.717) is 33.0 Å². The first kappa shape index (κ1) is 35.8. The van der Waals surface area contributed by atoms with Crippen LogP contribution in [0.25, 0.3) is 6.08 Å². The predicted octanol–water partition coefficient (Wildman–Crippen LogP) is 9.25. The van der Waals surface area contributed by atoms with Crippen LogP contribution in [0.15, 0.2) is 138 Å². The summed E-state index contributed by atoms with van der Waals surface area (Å²) in [6.07, 6.45) is -3.11. The summed E-state index contributed by atoms with van der Waals surface area (Å²) in [6, 6.07) is 33.5. The van der Waals surface area contributed by atoms with Gasteiger partial charge in [-0.2, -0.15) is 13.2 Å². The molecule has 3 N–H and O–H groups in total. The third kappa shape index (κ3) is 9.55. The molecule has 3 amide bonds. The molecule has 12 heteroatoms. The van der Waals surface area contributed by atoms with Crippen molar-refractivity contribution in [3.05, 3.63) is 160 Å². The molecule has 0 saturated carbocycles. The summed E-state index contributed by atoms with van der Waals surface area (Å²) in [4.78, 5) is 40.9. The highest BCUT2D eigenvalue weighted by Crippen LogP contribution is 2.39. The first-order chi connectivity index (χ1) is 24.0. The molecule has 0 bridgehead atoms. The van der Waals surface area contributed by atoms with Gasteiger partial charge in [0.15, 0.2) is 0 Å². The minimum absolute atomic E-state index is 0.0373. The maximum Gasteiger partial charge on any atom is 0.416 e. The van der Waals surface area contributed by atoms with Crippen LogP contribution in [0.1, 0.15) is 32.3 Å². The SMILES string of the molecule is COc1cccc(/C=C(\NC(=O)c2ccccc2)C(=O)Nc2cccc(SC(C(=O)Nc3cc(C(F)(F)F)ccc3Cl)c3ccccc3)c2)c1. The normalized spacial score (nSPS) is 12.1. The molecule has 0 fully saturated rings. The predicted molar refractivity (Wildman–Crippen MR) is 190 cm³/mol. The molecular weight excluding hydrogens is 687 g/mol. The van der Waals surface area contributed by atoms with Crippen molar-refractivity contribution in [1.82, 2.24) is 5.32 Å². The molecule has 254 valence electrons.